The highest BCUT2D eigenvalue weighted by Gasteiger charge is 2.48. The number of nitrogens with zero attached hydrogens (tertiary/aromatic N) is 1. The van der Waals surface area contributed by atoms with Crippen LogP contribution in [0.2, 0.25) is 0 Å². The number of rotatable bonds is 4. The molecule has 0 spiro atoms. The van der Waals surface area contributed by atoms with Crippen LogP contribution in [0.4, 0.5) is 0 Å². The maximum absolute atomic E-state index is 13.4. The largest absolute Gasteiger partial charge is 0.334 e. The molecule has 1 fully saturated rings. The van der Waals surface area contributed by atoms with Gasteiger partial charge in [0, 0.05) is 23.6 Å². The van der Waals surface area contributed by atoms with Gasteiger partial charge in [-0.15, -0.1) is 0 Å². The summed E-state index contributed by atoms with van der Waals surface area (Å²) < 4.78 is 0. The maximum atomic E-state index is 13.4. The standard InChI is InChI=1S/C26H27NO/c1-20(2)24-18-26(22-14-8-4-9-15-22,23-16-10-5-11-17-23)19-27(24)25(28)21-12-6-3-7-13-21/h3-17,20,24H,18-19H2,1-2H3/t24-/m1/s1. The van der Waals surface area contributed by atoms with E-state index in [2.05, 4.69) is 79.4 Å². The second kappa shape index (κ2) is 7.63. The first kappa shape index (κ1) is 18.5. The second-order valence-corrected chi connectivity index (χ2v) is 8.13. The fourth-order valence-electron chi connectivity index (χ4n) is 4.60. The zero-order chi connectivity index (χ0) is 19.6. The Bertz CT molecular complexity index is 879. The molecular weight excluding hydrogens is 342 g/mol. The van der Waals surface area contributed by atoms with Crippen molar-refractivity contribution < 1.29 is 4.79 Å². The molecule has 0 bridgehead atoms. The number of carbonyl (C=O) groups is 1. The first-order chi connectivity index (χ1) is 13.6. The SMILES string of the molecule is CC(C)[C@H]1CC(c2ccccc2)(c2ccccc2)CN1C(=O)c1ccccc1. The molecule has 1 aliphatic rings. The molecule has 1 atom stereocenters. The summed E-state index contributed by atoms with van der Waals surface area (Å²) in [5, 5.41) is 0. The Hall–Kier alpha value is -2.87. The van der Waals surface area contributed by atoms with Crippen molar-refractivity contribution in [1.29, 1.82) is 0 Å². The van der Waals surface area contributed by atoms with E-state index in [9.17, 15) is 4.79 Å². The third-order valence-corrected chi connectivity index (χ3v) is 6.10. The zero-order valence-corrected chi connectivity index (χ0v) is 16.6. The van der Waals surface area contributed by atoms with Gasteiger partial charge in [0.05, 0.1) is 0 Å². The molecule has 2 heteroatoms. The predicted molar refractivity (Wildman–Crippen MR) is 114 cm³/mol. The molecule has 1 saturated heterocycles. The lowest BCUT2D eigenvalue weighted by Gasteiger charge is -2.31. The smallest absolute Gasteiger partial charge is 0.254 e. The summed E-state index contributed by atoms with van der Waals surface area (Å²) in [6.07, 6.45) is 0.942. The summed E-state index contributed by atoms with van der Waals surface area (Å²) in [5.41, 5.74) is 3.16. The van der Waals surface area contributed by atoms with Gasteiger partial charge < -0.3 is 4.90 Å². The Balaban J connectivity index is 1.81. The molecule has 0 aromatic heterocycles. The summed E-state index contributed by atoms with van der Waals surface area (Å²) in [5.74, 6) is 0.523. The summed E-state index contributed by atoms with van der Waals surface area (Å²) in [6, 6.07) is 31.3. The van der Waals surface area contributed by atoms with Gasteiger partial charge in [-0.05, 0) is 35.6 Å². The molecule has 28 heavy (non-hydrogen) atoms. The van der Waals surface area contributed by atoms with E-state index in [0.29, 0.717) is 12.5 Å². The molecule has 3 aromatic carbocycles. The summed E-state index contributed by atoms with van der Waals surface area (Å²) in [6.45, 7) is 5.15. The van der Waals surface area contributed by atoms with Gasteiger partial charge in [-0.2, -0.15) is 0 Å². The van der Waals surface area contributed by atoms with Gasteiger partial charge >= 0.3 is 0 Å². The van der Waals surface area contributed by atoms with Crippen molar-refractivity contribution >= 4 is 5.91 Å². The Morgan fingerprint density at radius 3 is 1.75 bits per heavy atom. The summed E-state index contributed by atoms with van der Waals surface area (Å²) in [4.78, 5) is 15.5. The molecule has 0 unspecified atom stereocenters. The molecule has 3 aromatic rings. The van der Waals surface area contributed by atoms with Crippen LogP contribution < -0.4 is 0 Å². The molecule has 0 radical (unpaired) electrons. The molecule has 0 saturated carbocycles. The van der Waals surface area contributed by atoms with Gasteiger partial charge in [0.25, 0.3) is 5.91 Å². The van der Waals surface area contributed by atoms with Crippen LogP contribution in [-0.2, 0) is 5.41 Å². The van der Waals surface area contributed by atoms with Crippen LogP contribution >= 0.6 is 0 Å². The lowest BCUT2D eigenvalue weighted by molar-refractivity contribution is 0.0698. The van der Waals surface area contributed by atoms with E-state index in [1.807, 2.05) is 30.3 Å². The summed E-state index contributed by atoms with van der Waals surface area (Å²) in [7, 11) is 0. The van der Waals surface area contributed by atoms with Crippen molar-refractivity contribution in [3.8, 4) is 0 Å². The fourth-order valence-corrected chi connectivity index (χ4v) is 4.60. The average Bonchev–Trinajstić information content (AvgIpc) is 3.18. The Morgan fingerprint density at radius 2 is 1.29 bits per heavy atom. The van der Waals surface area contributed by atoms with E-state index in [-0.39, 0.29) is 17.4 Å². The van der Waals surface area contributed by atoms with Crippen LogP contribution in [0.3, 0.4) is 0 Å². The quantitative estimate of drug-likeness (QED) is 0.591. The van der Waals surface area contributed by atoms with E-state index in [0.717, 1.165) is 12.0 Å². The van der Waals surface area contributed by atoms with Crippen molar-refractivity contribution in [1.82, 2.24) is 4.90 Å². The normalized spacial score (nSPS) is 18.4. The summed E-state index contributed by atoms with van der Waals surface area (Å²) >= 11 is 0. The number of benzene rings is 3. The number of amides is 1. The van der Waals surface area contributed by atoms with Crippen LogP contribution in [0.15, 0.2) is 91.0 Å². The van der Waals surface area contributed by atoms with Crippen LogP contribution in [0.1, 0.15) is 41.8 Å². The lowest BCUT2D eigenvalue weighted by atomic mass is 9.72. The van der Waals surface area contributed by atoms with Crippen LogP contribution in [0.25, 0.3) is 0 Å². The molecular formula is C26H27NO. The molecule has 142 valence electrons. The van der Waals surface area contributed by atoms with E-state index < -0.39 is 0 Å². The first-order valence-electron chi connectivity index (χ1n) is 10.1. The average molecular weight is 370 g/mol. The number of hydrogen-bond donors (Lipinski definition) is 0. The van der Waals surface area contributed by atoms with Crippen molar-refractivity contribution in [3.05, 3.63) is 108 Å². The molecule has 4 rings (SSSR count). The van der Waals surface area contributed by atoms with Crippen molar-refractivity contribution in [3.63, 3.8) is 0 Å². The number of hydrogen-bond acceptors (Lipinski definition) is 1. The van der Waals surface area contributed by atoms with Gasteiger partial charge in [0.1, 0.15) is 0 Å². The highest BCUT2D eigenvalue weighted by Crippen LogP contribution is 2.45. The minimum atomic E-state index is -0.179. The number of likely N-dealkylation sites (tertiary alicyclic amines) is 1. The second-order valence-electron chi connectivity index (χ2n) is 8.13. The molecule has 1 amide bonds. The van der Waals surface area contributed by atoms with Crippen molar-refractivity contribution in [2.45, 2.75) is 31.7 Å². The Morgan fingerprint density at radius 1 is 0.821 bits per heavy atom. The Labute approximate surface area is 167 Å². The van der Waals surface area contributed by atoms with Crippen LogP contribution in [0.5, 0.6) is 0 Å². The molecule has 0 aliphatic carbocycles. The Kier molecular flexibility index (Phi) is 5.04. The molecule has 2 nitrogen and oxygen atoms in total. The van der Waals surface area contributed by atoms with Gasteiger partial charge in [0.2, 0.25) is 0 Å². The minimum Gasteiger partial charge on any atom is -0.334 e. The highest BCUT2D eigenvalue weighted by atomic mass is 16.2. The fraction of sp³-hybridized carbons (Fsp3) is 0.269. The number of carbonyl (C=O) groups excluding carboxylic acids is 1. The predicted octanol–water partition coefficient (Wildman–Crippen LogP) is 5.54. The molecule has 0 N–H and O–H groups in total. The molecule has 1 aliphatic heterocycles. The lowest BCUT2D eigenvalue weighted by Crippen LogP contribution is -2.39. The van der Waals surface area contributed by atoms with Crippen molar-refractivity contribution in [2.75, 3.05) is 6.54 Å². The van der Waals surface area contributed by atoms with Gasteiger partial charge in [-0.1, -0.05) is 92.7 Å². The third kappa shape index (κ3) is 3.24. The van der Waals surface area contributed by atoms with Gasteiger partial charge in [-0.3, -0.25) is 4.79 Å². The van der Waals surface area contributed by atoms with E-state index >= 15 is 0 Å². The van der Waals surface area contributed by atoms with E-state index in [4.69, 9.17) is 0 Å². The topological polar surface area (TPSA) is 20.3 Å². The maximum Gasteiger partial charge on any atom is 0.254 e. The van der Waals surface area contributed by atoms with Gasteiger partial charge in [0.15, 0.2) is 0 Å². The first-order valence-corrected chi connectivity index (χ1v) is 10.1. The zero-order valence-electron chi connectivity index (χ0n) is 16.6. The monoisotopic (exact) mass is 369 g/mol. The van der Waals surface area contributed by atoms with Gasteiger partial charge in [-0.25, -0.2) is 0 Å². The van der Waals surface area contributed by atoms with Crippen LogP contribution in [-0.4, -0.2) is 23.4 Å². The molecule has 1 heterocycles. The van der Waals surface area contributed by atoms with Crippen molar-refractivity contribution in [2.24, 2.45) is 5.92 Å². The minimum absolute atomic E-state index is 0.132. The highest BCUT2D eigenvalue weighted by molar-refractivity contribution is 5.94. The van der Waals surface area contributed by atoms with Crippen LogP contribution in [0, 0.1) is 5.92 Å². The van der Waals surface area contributed by atoms with E-state index in [1.54, 1.807) is 0 Å². The van der Waals surface area contributed by atoms with E-state index in [1.165, 1.54) is 11.1 Å². The third-order valence-electron chi connectivity index (χ3n) is 6.10.